The minimum atomic E-state index is 0.0543. The van der Waals surface area contributed by atoms with Gasteiger partial charge in [-0.2, -0.15) is 0 Å². The lowest BCUT2D eigenvalue weighted by Gasteiger charge is -2.08. The van der Waals surface area contributed by atoms with Crippen LogP contribution in [-0.2, 0) is 13.6 Å². The largest absolute Gasteiger partial charge is 0.348 e. The number of halogens is 1. The molecule has 0 aliphatic heterocycles. The second-order valence-corrected chi connectivity index (χ2v) is 6.81. The normalized spacial score (nSPS) is 10.8. The number of Topliss-reactive ketones (excluding diaryl/α,β-unsaturated/α-hetero) is 1. The number of nitrogens with zero attached hydrogens (tertiary/aromatic N) is 4. The van der Waals surface area contributed by atoms with Crippen LogP contribution < -0.4 is 0 Å². The number of thioether (sulfide) groups is 1. The number of ketones is 1. The number of rotatable bonds is 7. The Morgan fingerprint density at radius 1 is 1.28 bits per heavy atom. The van der Waals surface area contributed by atoms with Crippen molar-refractivity contribution in [2.75, 3.05) is 5.75 Å². The summed E-state index contributed by atoms with van der Waals surface area (Å²) in [5.74, 6) is 1.08. The summed E-state index contributed by atoms with van der Waals surface area (Å²) in [6.45, 7) is 4.36. The van der Waals surface area contributed by atoms with Crippen LogP contribution in [-0.4, -0.2) is 30.9 Å². The molecule has 1 aromatic carbocycles. The summed E-state index contributed by atoms with van der Waals surface area (Å²) >= 11 is 7.32. The summed E-state index contributed by atoms with van der Waals surface area (Å²) in [4.78, 5) is 12.3. The van der Waals surface area contributed by atoms with Crippen LogP contribution in [0.2, 0.25) is 5.02 Å². The van der Waals surface area contributed by atoms with Crippen molar-refractivity contribution in [1.82, 2.24) is 19.3 Å². The van der Waals surface area contributed by atoms with Crippen LogP contribution in [0, 0.1) is 0 Å². The molecule has 0 aliphatic rings. The highest BCUT2D eigenvalue weighted by molar-refractivity contribution is 7.99. The first-order valence-electron chi connectivity index (χ1n) is 7.67. The fourth-order valence-electron chi connectivity index (χ4n) is 2.46. The smallest absolute Gasteiger partial charge is 0.192 e. The van der Waals surface area contributed by atoms with Gasteiger partial charge in [0.2, 0.25) is 0 Å². The van der Waals surface area contributed by atoms with Crippen LogP contribution in [0.4, 0.5) is 0 Å². The highest BCUT2D eigenvalue weighted by atomic mass is 35.5. The minimum absolute atomic E-state index is 0.0543. The van der Waals surface area contributed by atoms with E-state index in [0.717, 1.165) is 11.4 Å². The molecule has 0 saturated carbocycles. The molecular weight excluding hydrogens is 356 g/mol. The maximum absolute atomic E-state index is 12.3. The average molecular weight is 373 g/mol. The zero-order valence-corrected chi connectivity index (χ0v) is 15.3. The van der Waals surface area contributed by atoms with E-state index < -0.39 is 0 Å². The molecule has 7 heteroatoms. The van der Waals surface area contributed by atoms with Gasteiger partial charge in [-0.3, -0.25) is 9.36 Å². The van der Waals surface area contributed by atoms with Crippen LogP contribution in [0.1, 0.15) is 10.5 Å². The summed E-state index contributed by atoms with van der Waals surface area (Å²) in [5.41, 5.74) is 1.60. The predicted molar refractivity (Wildman–Crippen MR) is 101 cm³/mol. The number of allylic oxidation sites excluding steroid dienone is 1. The van der Waals surface area contributed by atoms with Gasteiger partial charge in [0.1, 0.15) is 0 Å². The van der Waals surface area contributed by atoms with Crippen molar-refractivity contribution in [3.8, 4) is 11.4 Å². The van der Waals surface area contributed by atoms with Crippen molar-refractivity contribution in [2.24, 2.45) is 7.05 Å². The van der Waals surface area contributed by atoms with Gasteiger partial charge in [-0.1, -0.05) is 29.4 Å². The molecule has 0 spiro atoms. The molecule has 128 valence electrons. The van der Waals surface area contributed by atoms with Crippen molar-refractivity contribution in [2.45, 2.75) is 11.7 Å². The Labute approximate surface area is 155 Å². The summed E-state index contributed by atoms with van der Waals surface area (Å²) in [7, 11) is 1.86. The molecule has 3 rings (SSSR count). The Hall–Kier alpha value is -2.31. The first kappa shape index (κ1) is 17.5. The van der Waals surface area contributed by atoms with Gasteiger partial charge in [-0.15, -0.1) is 16.8 Å². The SMILES string of the molecule is C=CCn1c(SCC(=O)c2cccn2C)nnc1-c1ccc(Cl)cc1. The number of aromatic nitrogens is 4. The molecule has 0 unspecified atom stereocenters. The molecule has 0 saturated heterocycles. The lowest BCUT2D eigenvalue weighted by molar-refractivity contribution is 0.101. The first-order valence-corrected chi connectivity index (χ1v) is 9.04. The number of hydrogen-bond acceptors (Lipinski definition) is 4. The van der Waals surface area contributed by atoms with Gasteiger partial charge in [-0.05, 0) is 36.4 Å². The monoisotopic (exact) mass is 372 g/mol. The standard InChI is InChI=1S/C18H17ClN4OS/c1-3-10-23-17(13-6-8-14(19)9-7-13)20-21-18(23)25-12-16(24)15-5-4-11-22(15)2/h3-9,11H,1,10,12H2,2H3. The number of aryl methyl sites for hydroxylation is 1. The molecule has 3 aromatic rings. The van der Waals surface area contributed by atoms with Gasteiger partial charge >= 0.3 is 0 Å². The number of carbonyl (C=O) groups is 1. The third-order valence-electron chi connectivity index (χ3n) is 3.69. The third-order valence-corrected chi connectivity index (χ3v) is 4.91. The van der Waals surface area contributed by atoms with E-state index in [1.165, 1.54) is 11.8 Å². The zero-order valence-electron chi connectivity index (χ0n) is 13.7. The highest BCUT2D eigenvalue weighted by Crippen LogP contribution is 2.25. The van der Waals surface area contributed by atoms with E-state index in [4.69, 9.17) is 11.6 Å². The molecule has 0 N–H and O–H groups in total. The number of carbonyl (C=O) groups excluding carboxylic acids is 1. The number of benzene rings is 1. The average Bonchev–Trinajstić information content (AvgIpc) is 3.20. The Kier molecular flexibility index (Phi) is 5.40. The molecule has 2 aromatic heterocycles. The van der Waals surface area contributed by atoms with Gasteiger partial charge < -0.3 is 4.57 Å². The van der Waals surface area contributed by atoms with Crippen molar-refractivity contribution < 1.29 is 4.79 Å². The van der Waals surface area contributed by atoms with Crippen LogP contribution in [0.5, 0.6) is 0 Å². The minimum Gasteiger partial charge on any atom is -0.348 e. The summed E-state index contributed by atoms with van der Waals surface area (Å²) in [5, 5.41) is 9.88. The van der Waals surface area contributed by atoms with E-state index in [9.17, 15) is 4.79 Å². The molecule has 25 heavy (non-hydrogen) atoms. The summed E-state index contributed by atoms with van der Waals surface area (Å²) in [6.07, 6.45) is 3.64. The van der Waals surface area contributed by atoms with Crippen LogP contribution in [0.3, 0.4) is 0 Å². The Balaban J connectivity index is 1.82. The van der Waals surface area contributed by atoms with E-state index >= 15 is 0 Å². The second-order valence-electron chi connectivity index (χ2n) is 5.43. The van der Waals surface area contributed by atoms with Crippen LogP contribution in [0.25, 0.3) is 11.4 Å². The van der Waals surface area contributed by atoms with Gasteiger partial charge in [0.05, 0.1) is 11.4 Å². The Morgan fingerprint density at radius 2 is 2.04 bits per heavy atom. The molecule has 5 nitrogen and oxygen atoms in total. The predicted octanol–water partition coefficient (Wildman–Crippen LogP) is 4.10. The van der Waals surface area contributed by atoms with Gasteiger partial charge in [0.15, 0.2) is 16.8 Å². The lowest BCUT2D eigenvalue weighted by atomic mass is 10.2. The van der Waals surface area contributed by atoms with Crippen LogP contribution in [0.15, 0.2) is 60.4 Å². The molecule has 0 atom stereocenters. The first-order chi connectivity index (χ1) is 12.1. The van der Waals surface area contributed by atoms with E-state index in [0.29, 0.717) is 28.2 Å². The molecular formula is C18H17ClN4OS. The van der Waals surface area contributed by atoms with E-state index in [2.05, 4.69) is 16.8 Å². The Bertz CT molecular complexity index is 898. The molecule has 0 bridgehead atoms. The lowest BCUT2D eigenvalue weighted by Crippen LogP contribution is -2.09. The molecule has 0 aliphatic carbocycles. The molecule has 0 amide bonds. The fraction of sp³-hybridized carbons (Fsp3) is 0.167. The zero-order chi connectivity index (χ0) is 17.8. The fourth-order valence-corrected chi connectivity index (χ4v) is 3.41. The second kappa shape index (κ2) is 7.72. The van der Waals surface area contributed by atoms with Crippen LogP contribution >= 0.6 is 23.4 Å². The van der Waals surface area contributed by atoms with Gasteiger partial charge in [0, 0.05) is 30.4 Å². The maximum atomic E-state index is 12.3. The van der Waals surface area contributed by atoms with Crippen molar-refractivity contribution in [3.63, 3.8) is 0 Å². The van der Waals surface area contributed by atoms with Gasteiger partial charge in [-0.25, -0.2) is 0 Å². The van der Waals surface area contributed by atoms with Gasteiger partial charge in [0.25, 0.3) is 0 Å². The highest BCUT2D eigenvalue weighted by Gasteiger charge is 2.16. The van der Waals surface area contributed by atoms with Crippen molar-refractivity contribution >= 4 is 29.1 Å². The summed E-state index contributed by atoms with van der Waals surface area (Å²) < 4.78 is 3.76. The molecule has 2 heterocycles. The quantitative estimate of drug-likeness (QED) is 0.356. The Morgan fingerprint density at radius 3 is 2.68 bits per heavy atom. The van der Waals surface area contributed by atoms with Crippen molar-refractivity contribution in [1.29, 1.82) is 0 Å². The number of hydrogen-bond donors (Lipinski definition) is 0. The van der Waals surface area contributed by atoms with Crippen molar-refractivity contribution in [3.05, 3.63) is 66.0 Å². The maximum Gasteiger partial charge on any atom is 0.192 e. The molecule has 0 radical (unpaired) electrons. The van der Waals surface area contributed by atoms with E-state index in [1.54, 1.807) is 6.08 Å². The van der Waals surface area contributed by atoms with E-state index in [-0.39, 0.29) is 5.78 Å². The van der Waals surface area contributed by atoms with E-state index in [1.807, 2.05) is 58.8 Å². The molecule has 0 fully saturated rings. The summed E-state index contributed by atoms with van der Waals surface area (Å²) in [6, 6.07) is 11.1. The third kappa shape index (κ3) is 3.86. The topological polar surface area (TPSA) is 52.7 Å².